The van der Waals surface area contributed by atoms with Gasteiger partial charge in [-0.15, -0.1) is 12.4 Å². The van der Waals surface area contributed by atoms with Gasteiger partial charge in [0, 0.05) is 17.1 Å². The molecule has 1 nitrogen and oxygen atoms in total. The Labute approximate surface area is 104 Å². The van der Waals surface area contributed by atoms with E-state index in [1.165, 1.54) is 0 Å². The maximum Gasteiger partial charge on any atom is 0.0450 e. The quantitative estimate of drug-likeness (QED) is 0.847. The molecule has 86 valence electrons. The van der Waals surface area contributed by atoms with Crippen molar-refractivity contribution in [3.63, 3.8) is 0 Å². The van der Waals surface area contributed by atoms with Crippen LogP contribution in [0.3, 0.4) is 0 Å². The summed E-state index contributed by atoms with van der Waals surface area (Å²) < 4.78 is 0. The first-order chi connectivity index (χ1) is 6.55. The molecule has 0 aliphatic carbocycles. The van der Waals surface area contributed by atoms with Crippen LogP contribution in [0, 0.1) is 0 Å². The smallest absolute Gasteiger partial charge is 0.0450 e. The second-order valence-electron chi connectivity index (χ2n) is 4.18. The number of hydrogen-bond donors (Lipinski definition) is 1. The average Bonchev–Trinajstić information content (AvgIpc) is 2.17. The number of halogens is 2. The molecule has 0 spiro atoms. The zero-order chi connectivity index (χ0) is 10.6. The van der Waals surface area contributed by atoms with Crippen molar-refractivity contribution in [2.75, 3.05) is 0 Å². The van der Waals surface area contributed by atoms with Crippen molar-refractivity contribution in [1.82, 2.24) is 5.32 Å². The van der Waals surface area contributed by atoms with Crippen LogP contribution in [0.2, 0.25) is 5.02 Å². The number of hydrogen-bond acceptors (Lipinski definition) is 1. The molecule has 0 saturated carbocycles. The minimum atomic E-state index is 0. The molecule has 0 radical (unpaired) electrons. The third-order valence-corrected chi connectivity index (χ3v) is 2.97. The third-order valence-electron chi connectivity index (χ3n) is 2.60. The van der Waals surface area contributed by atoms with Crippen LogP contribution in [0.25, 0.3) is 0 Å². The zero-order valence-corrected chi connectivity index (χ0v) is 11.1. The highest BCUT2D eigenvalue weighted by atomic mass is 35.5. The largest absolute Gasteiger partial charge is 0.308 e. The van der Waals surface area contributed by atoms with Crippen LogP contribution in [0.4, 0.5) is 0 Å². The molecule has 1 N–H and O–H groups in total. The zero-order valence-electron chi connectivity index (χ0n) is 9.51. The predicted molar refractivity (Wildman–Crippen MR) is 69.9 cm³/mol. The van der Waals surface area contributed by atoms with Crippen LogP contribution < -0.4 is 5.32 Å². The second kappa shape index (κ2) is 6.37. The van der Waals surface area contributed by atoms with E-state index in [1.54, 1.807) is 0 Å². The summed E-state index contributed by atoms with van der Waals surface area (Å²) in [5.74, 6) is 0. The van der Waals surface area contributed by atoms with Crippen LogP contribution in [0.5, 0.6) is 0 Å². The van der Waals surface area contributed by atoms with Crippen molar-refractivity contribution in [3.8, 4) is 0 Å². The van der Waals surface area contributed by atoms with Gasteiger partial charge in [0.15, 0.2) is 0 Å². The molecule has 0 amide bonds. The number of rotatable bonds is 4. The van der Waals surface area contributed by atoms with Crippen LogP contribution in [0.15, 0.2) is 24.3 Å². The van der Waals surface area contributed by atoms with E-state index < -0.39 is 0 Å². The van der Waals surface area contributed by atoms with E-state index in [-0.39, 0.29) is 17.9 Å². The molecule has 1 aromatic carbocycles. The molecular formula is C12H19Cl2N. The van der Waals surface area contributed by atoms with E-state index >= 15 is 0 Å². The Morgan fingerprint density at radius 3 is 2.40 bits per heavy atom. The maximum absolute atomic E-state index is 6.06. The van der Waals surface area contributed by atoms with Crippen LogP contribution in [-0.2, 0) is 6.54 Å². The van der Waals surface area contributed by atoms with Crippen LogP contribution >= 0.6 is 24.0 Å². The molecule has 15 heavy (non-hydrogen) atoms. The monoisotopic (exact) mass is 247 g/mol. The normalized spacial score (nSPS) is 10.9. The molecule has 3 heteroatoms. The standard InChI is InChI=1S/C12H18ClN.ClH/c1-4-12(2,3)14-9-10-7-5-6-8-11(10)13;/h5-8,14H,4,9H2,1-3H3;1H. The SMILES string of the molecule is CCC(C)(C)NCc1ccccc1Cl.Cl. The first-order valence-corrected chi connectivity index (χ1v) is 5.41. The highest BCUT2D eigenvalue weighted by molar-refractivity contribution is 6.31. The highest BCUT2D eigenvalue weighted by Crippen LogP contribution is 2.16. The summed E-state index contributed by atoms with van der Waals surface area (Å²) in [6.45, 7) is 7.41. The van der Waals surface area contributed by atoms with E-state index in [9.17, 15) is 0 Å². The summed E-state index contributed by atoms with van der Waals surface area (Å²) >= 11 is 6.06. The Bertz CT molecular complexity index is 297. The third kappa shape index (κ3) is 4.87. The molecule has 1 rings (SSSR count). The maximum atomic E-state index is 6.06. The van der Waals surface area contributed by atoms with Gasteiger partial charge in [0.25, 0.3) is 0 Å². The second-order valence-corrected chi connectivity index (χ2v) is 4.59. The topological polar surface area (TPSA) is 12.0 Å². The molecule has 0 aromatic heterocycles. The van der Waals surface area contributed by atoms with E-state index in [0.29, 0.717) is 0 Å². The van der Waals surface area contributed by atoms with Gasteiger partial charge in [-0.2, -0.15) is 0 Å². The fourth-order valence-electron chi connectivity index (χ4n) is 1.10. The lowest BCUT2D eigenvalue weighted by Gasteiger charge is -2.24. The minimum Gasteiger partial charge on any atom is -0.308 e. The summed E-state index contributed by atoms with van der Waals surface area (Å²) in [7, 11) is 0. The molecule has 0 bridgehead atoms. The lowest BCUT2D eigenvalue weighted by atomic mass is 10.0. The molecule has 0 heterocycles. The Kier molecular flexibility index (Phi) is 6.26. The molecule has 0 aliphatic rings. The van der Waals surface area contributed by atoms with Crippen LogP contribution in [0.1, 0.15) is 32.8 Å². The average molecular weight is 248 g/mol. The Balaban J connectivity index is 0.00000196. The summed E-state index contributed by atoms with van der Waals surface area (Å²) in [6.07, 6.45) is 1.11. The molecule has 0 atom stereocenters. The summed E-state index contributed by atoms with van der Waals surface area (Å²) in [5.41, 5.74) is 1.34. The first-order valence-electron chi connectivity index (χ1n) is 5.03. The molecule has 0 saturated heterocycles. The van der Waals surface area contributed by atoms with E-state index in [2.05, 4.69) is 32.2 Å². The van der Waals surface area contributed by atoms with Gasteiger partial charge in [-0.1, -0.05) is 36.7 Å². The van der Waals surface area contributed by atoms with Crippen molar-refractivity contribution >= 4 is 24.0 Å². The molecule has 0 unspecified atom stereocenters. The number of benzene rings is 1. The first kappa shape index (κ1) is 14.8. The van der Waals surface area contributed by atoms with E-state index in [4.69, 9.17) is 11.6 Å². The van der Waals surface area contributed by atoms with Crippen LogP contribution in [-0.4, -0.2) is 5.54 Å². The van der Waals surface area contributed by atoms with Gasteiger partial charge < -0.3 is 5.32 Å². The fraction of sp³-hybridized carbons (Fsp3) is 0.500. The fourth-order valence-corrected chi connectivity index (χ4v) is 1.30. The van der Waals surface area contributed by atoms with Gasteiger partial charge in [0.2, 0.25) is 0 Å². The summed E-state index contributed by atoms with van der Waals surface area (Å²) in [6, 6.07) is 7.96. The minimum absolute atomic E-state index is 0. The Morgan fingerprint density at radius 2 is 1.87 bits per heavy atom. The van der Waals surface area contributed by atoms with E-state index in [0.717, 1.165) is 23.6 Å². The van der Waals surface area contributed by atoms with Crippen molar-refractivity contribution in [2.24, 2.45) is 0 Å². The summed E-state index contributed by atoms with van der Waals surface area (Å²) in [5, 5.41) is 4.32. The van der Waals surface area contributed by atoms with Crippen molar-refractivity contribution in [1.29, 1.82) is 0 Å². The van der Waals surface area contributed by atoms with Gasteiger partial charge in [-0.25, -0.2) is 0 Å². The predicted octanol–water partition coefficient (Wildman–Crippen LogP) is 4.04. The van der Waals surface area contributed by atoms with Gasteiger partial charge in [-0.3, -0.25) is 0 Å². The molecule has 0 aliphatic heterocycles. The van der Waals surface area contributed by atoms with Gasteiger partial charge >= 0.3 is 0 Å². The summed E-state index contributed by atoms with van der Waals surface area (Å²) in [4.78, 5) is 0. The van der Waals surface area contributed by atoms with Gasteiger partial charge in [0.05, 0.1) is 0 Å². The van der Waals surface area contributed by atoms with Gasteiger partial charge in [-0.05, 0) is 31.9 Å². The molecular weight excluding hydrogens is 229 g/mol. The van der Waals surface area contributed by atoms with E-state index in [1.807, 2.05) is 18.2 Å². The molecule has 0 fully saturated rings. The lowest BCUT2D eigenvalue weighted by molar-refractivity contribution is 0.374. The van der Waals surface area contributed by atoms with Crippen molar-refractivity contribution < 1.29 is 0 Å². The van der Waals surface area contributed by atoms with Crippen molar-refractivity contribution in [2.45, 2.75) is 39.3 Å². The highest BCUT2D eigenvalue weighted by Gasteiger charge is 2.13. The Hall–Kier alpha value is -0.240. The molecule has 1 aromatic rings. The Morgan fingerprint density at radius 1 is 1.27 bits per heavy atom. The lowest BCUT2D eigenvalue weighted by Crippen LogP contribution is -2.37. The number of nitrogens with one attached hydrogen (secondary N) is 1. The van der Waals surface area contributed by atoms with Crippen molar-refractivity contribution in [3.05, 3.63) is 34.9 Å². The van der Waals surface area contributed by atoms with Gasteiger partial charge in [0.1, 0.15) is 0 Å².